The van der Waals surface area contributed by atoms with Crippen LogP contribution in [0.15, 0.2) is 27.8 Å². The van der Waals surface area contributed by atoms with Crippen LogP contribution in [0, 0.1) is 0 Å². The minimum absolute atomic E-state index is 0.134. The maximum atomic E-state index is 12.7. The van der Waals surface area contributed by atoms with Gasteiger partial charge in [0.2, 0.25) is 10.0 Å². The Balaban J connectivity index is 2.06. The maximum absolute atomic E-state index is 12.7. The van der Waals surface area contributed by atoms with E-state index in [1.54, 1.807) is 20.8 Å². The first-order valence-corrected chi connectivity index (χ1v) is 9.91. The number of hydrogen-bond donors (Lipinski definition) is 1. The van der Waals surface area contributed by atoms with Gasteiger partial charge in [-0.25, -0.2) is 13.2 Å². The smallest absolute Gasteiger partial charge is 0.407 e. The normalized spacial score (nSPS) is 19.8. The number of alkyl carbamates (subject to hydrolysis) is 1. The third-order valence-electron chi connectivity index (χ3n) is 3.42. The van der Waals surface area contributed by atoms with Gasteiger partial charge < -0.3 is 10.1 Å². The molecular formula is C15H22BrN3O4S. The van der Waals surface area contributed by atoms with Crippen molar-refractivity contribution in [1.29, 1.82) is 0 Å². The Bertz CT molecular complexity index is 703. The highest BCUT2D eigenvalue weighted by atomic mass is 79.9. The molecule has 134 valence electrons. The topological polar surface area (TPSA) is 88.6 Å². The van der Waals surface area contributed by atoms with Crippen molar-refractivity contribution >= 4 is 32.0 Å². The predicted octanol–water partition coefficient (Wildman–Crippen LogP) is 2.52. The van der Waals surface area contributed by atoms with Crippen LogP contribution in [0.3, 0.4) is 0 Å². The highest BCUT2D eigenvalue weighted by molar-refractivity contribution is 9.10. The predicted molar refractivity (Wildman–Crippen MR) is 93.1 cm³/mol. The van der Waals surface area contributed by atoms with Crippen LogP contribution in [0.1, 0.15) is 33.6 Å². The summed E-state index contributed by atoms with van der Waals surface area (Å²) in [6.45, 7) is 5.98. The lowest BCUT2D eigenvalue weighted by atomic mass is 10.1. The second-order valence-corrected chi connectivity index (χ2v) is 9.54. The molecule has 1 N–H and O–H groups in total. The fraction of sp³-hybridized carbons (Fsp3) is 0.600. The molecule has 0 radical (unpaired) electrons. The van der Waals surface area contributed by atoms with Crippen LogP contribution in [-0.4, -0.2) is 48.5 Å². The van der Waals surface area contributed by atoms with Crippen molar-refractivity contribution in [3.8, 4) is 0 Å². The molecule has 7 nitrogen and oxygen atoms in total. The maximum Gasteiger partial charge on any atom is 0.407 e. The molecule has 0 saturated carbocycles. The van der Waals surface area contributed by atoms with Crippen LogP contribution in [0.5, 0.6) is 0 Å². The Morgan fingerprint density at radius 2 is 2.12 bits per heavy atom. The molecule has 1 aromatic heterocycles. The number of pyridine rings is 1. The zero-order valence-electron chi connectivity index (χ0n) is 14.0. The molecule has 1 aliphatic heterocycles. The van der Waals surface area contributed by atoms with Gasteiger partial charge in [0.15, 0.2) is 0 Å². The Hall–Kier alpha value is -1.19. The number of piperidine rings is 1. The summed E-state index contributed by atoms with van der Waals surface area (Å²) in [7, 11) is -3.64. The van der Waals surface area contributed by atoms with E-state index in [-0.39, 0.29) is 17.5 Å². The zero-order chi connectivity index (χ0) is 18.0. The summed E-state index contributed by atoms with van der Waals surface area (Å²) >= 11 is 3.23. The SMILES string of the molecule is CC(C)(C)OC(=O)NC1CCCN(S(=O)(=O)c2cncc(Br)c2)C1. The van der Waals surface area contributed by atoms with Crippen LogP contribution >= 0.6 is 15.9 Å². The molecular weight excluding hydrogens is 398 g/mol. The van der Waals surface area contributed by atoms with Gasteiger partial charge in [-0.2, -0.15) is 4.31 Å². The van der Waals surface area contributed by atoms with E-state index in [1.807, 2.05) is 0 Å². The number of amides is 1. The first-order chi connectivity index (χ1) is 11.1. The second-order valence-electron chi connectivity index (χ2n) is 6.69. The van der Waals surface area contributed by atoms with Gasteiger partial charge in [-0.05, 0) is 55.6 Å². The van der Waals surface area contributed by atoms with Crippen molar-refractivity contribution in [3.05, 3.63) is 22.9 Å². The van der Waals surface area contributed by atoms with Crippen LogP contribution in [-0.2, 0) is 14.8 Å². The van der Waals surface area contributed by atoms with Crippen LogP contribution in [0.4, 0.5) is 4.79 Å². The molecule has 0 aliphatic carbocycles. The average molecular weight is 420 g/mol. The molecule has 1 atom stereocenters. The molecule has 1 fully saturated rings. The average Bonchev–Trinajstić information content (AvgIpc) is 2.45. The van der Waals surface area contributed by atoms with Crippen molar-refractivity contribution < 1.29 is 17.9 Å². The number of nitrogens with one attached hydrogen (secondary N) is 1. The standard InChI is InChI=1S/C15H22BrN3O4S/c1-15(2,3)23-14(20)18-12-5-4-6-19(10-12)24(21,22)13-7-11(16)8-17-9-13/h7-9,12H,4-6,10H2,1-3H3,(H,18,20). The highest BCUT2D eigenvalue weighted by Crippen LogP contribution is 2.22. The summed E-state index contributed by atoms with van der Waals surface area (Å²) in [5.74, 6) is 0. The summed E-state index contributed by atoms with van der Waals surface area (Å²) in [5, 5.41) is 2.75. The van der Waals surface area contributed by atoms with Gasteiger partial charge in [-0.15, -0.1) is 0 Å². The molecule has 1 aromatic rings. The van der Waals surface area contributed by atoms with Gasteiger partial charge >= 0.3 is 6.09 Å². The van der Waals surface area contributed by atoms with Gasteiger partial charge in [0, 0.05) is 36.0 Å². The molecule has 0 spiro atoms. The largest absolute Gasteiger partial charge is 0.444 e. The minimum atomic E-state index is -3.64. The minimum Gasteiger partial charge on any atom is -0.444 e. The summed E-state index contributed by atoms with van der Waals surface area (Å²) in [6.07, 6.45) is 3.70. The lowest BCUT2D eigenvalue weighted by Crippen LogP contribution is -2.50. The molecule has 2 heterocycles. The number of rotatable bonds is 3. The summed E-state index contributed by atoms with van der Waals surface area (Å²) in [5.41, 5.74) is -0.591. The van der Waals surface area contributed by atoms with E-state index in [2.05, 4.69) is 26.2 Å². The number of carbonyl (C=O) groups excluding carboxylic acids is 1. The zero-order valence-corrected chi connectivity index (χ0v) is 16.4. The Morgan fingerprint density at radius 1 is 1.42 bits per heavy atom. The molecule has 1 aliphatic rings. The van der Waals surface area contributed by atoms with Crippen LogP contribution in [0.25, 0.3) is 0 Å². The van der Waals surface area contributed by atoms with Crippen molar-refractivity contribution in [2.45, 2.75) is 50.2 Å². The fourth-order valence-corrected chi connectivity index (χ4v) is 4.47. The molecule has 1 saturated heterocycles. The fourth-order valence-electron chi connectivity index (χ4n) is 2.44. The number of nitrogens with zero attached hydrogens (tertiary/aromatic N) is 2. The van der Waals surface area contributed by atoms with Gasteiger partial charge in [0.25, 0.3) is 0 Å². The van der Waals surface area contributed by atoms with E-state index in [0.717, 1.165) is 0 Å². The number of carbonyl (C=O) groups is 1. The van der Waals surface area contributed by atoms with Gasteiger partial charge in [-0.3, -0.25) is 4.98 Å². The summed E-state index contributed by atoms with van der Waals surface area (Å²) in [6, 6.07) is 1.25. The molecule has 24 heavy (non-hydrogen) atoms. The van der Waals surface area contributed by atoms with E-state index in [0.29, 0.717) is 23.9 Å². The number of ether oxygens (including phenoxy) is 1. The third-order valence-corrected chi connectivity index (χ3v) is 5.69. The van der Waals surface area contributed by atoms with Gasteiger partial charge in [0.05, 0.1) is 0 Å². The molecule has 1 unspecified atom stereocenters. The molecule has 2 rings (SSSR count). The van der Waals surface area contributed by atoms with Gasteiger partial charge in [0.1, 0.15) is 10.5 Å². The van der Waals surface area contributed by atoms with Crippen LogP contribution in [0.2, 0.25) is 0 Å². The van der Waals surface area contributed by atoms with Gasteiger partial charge in [-0.1, -0.05) is 0 Å². The highest BCUT2D eigenvalue weighted by Gasteiger charge is 2.32. The molecule has 0 aromatic carbocycles. The van der Waals surface area contributed by atoms with E-state index in [1.165, 1.54) is 22.8 Å². The summed E-state index contributed by atoms with van der Waals surface area (Å²) in [4.78, 5) is 15.9. The monoisotopic (exact) mass is 419 g/mol. The van der Waals surface area contributed by atoms with Crippen LogP contribution < -0.4 is 5.32 Å². The molecule has 0 bridgehead atoms. The quantitative estimate of drug-likeness (QED) is 0.812. The molecule has 9 heteroatoms. The number of hydrogen-bond acceptors (Lipinski definition) is 5. The number of halogens is 1. The Labute approximate surface area is 151 Å². The van der Waals surface area contributed by atoms with E-state index >= 15 is 0 Å². The molecule has 1 amide bonds. The third kappa shape index (κ3) is 5.15. The number of sulfonamides is 1. The van der Waals surface area contributed by atoms with Crippen molar-refractivity contribution in [2.24, 2.45) is 0 Å². The number of aromatic nitrogens is 1. The lowest BCUT2D eigenvalue weighted by molar-refractivity contribution is 0.0487. The van der Waals surface area contributed by atoms with E-state index in [4.69, 9.17) is 4.74 Å². The van der Waals surface area contributed by atoms with Crippen molar-refractivity contribution in [2.75, 3.05) is 13.1 Å². The first-order valence-electron chi connectivity index (χ1n) is 7.68. The first kappa shape index (κ1) is 19.1. The van der Waals surface area contributed by atoms with Crippen molar-refractivity contribution in [1.82, 2.24) is 14.6 Å². The Kier molecular flexibility index (Phi) is 5.87. The lowest BCUT2D eigenvalue weighted by Gasteiger charge is -2.32. The Morgan fingerprint density at radius 3 is 2.75 bits per heavy atom. The van der Waals surface area contributed by atoms with Crippen molar-refractivity contribution in [3.63, 3.8) is 0 Å². The summed E-state index contributed by atoms with van der Waals surface area (Å²) < 4.78 is 32.6. The second kappa shape index (κ2) is 7.37. The van der Waals surface area contributed by atoms with E-state index in [9.17, 15) is 13.2 Å². The van der Waals surface area contributed by atoms with E-state index < -0.39 is 21.7 Å².